The third-order valence-corrected chi connectivity index (χ3v) is 4.16. The number of thioether (sulfide) groups is 1. The van der Waals surface area contributed by atoms with E-state index in [0.29, 0.717) is 18.4 Å². The van der Waals surface area contributed by atoms with Gasteiger partial charge in [0.1, 0.15) is 0 Å². The minimum Gasteiger partial charge on any atom is -0.387 e. The first-order chi connectivity index (χ1) is 8.86. The third kappa shape index (κ3) is 3.04. The molecule has 1 N–H and O–H groups in total. The summed E-state index contributed by atoms with van der Waals surface area (Å²) in [4.78, 5) is 0.0723. The molecule has 1 fully saturated rings. The number of hydrogen-bond donors (Lipinski definition) is 1. The molecule has 0 bridgehead atoms. The molecule has 1 aliphatic carbocycles. The highest BCUT2D eigenvalue weighted by Crippen LogP contribution is 2.50. The van der Waals surface area contributed by atoms with E-state index in [9.17, 15) is 18.3 Å². The molecule has 1 aromatic carbocycles. The van der Waals surface area contributed by atoms with Gasteiger partial charge >= 0.3 is 5.51 Å². The predicted molar refractivity (Wildman–Crippen MR) is 65.2 cm³/mol. The summed E-state index contributed by atoms with van der Waals surface area (Å²) in [6.07, 6.45) is 1.22. The number of alkyl halides is 3. The van der Waals surface area contributed by atoms with Gasteiger partial charge < -0.3 is 5.11 Å². The van der Waals surface area contributed by atoms with E-state index in [2.05, 4.69) is 6.07 Å². The Labute approximate surface area is 113 Å². The standard InChI is InChI=1S/C13H12F3NOS/c14-13(15,16)19-10-4-2-9(3-5-10)11(18)12(8-17)6-1-7-12/h2-5,11,18H,1,6-7H2. The minimum absolute atomic E-state index is 0.0723. The van der Waals surface area contributed by atoms with Gasteiger partial charge in [-0.25, -0.2) is 0 Å². The van der Waals surface area contributed by atoms with Crippen molar-refractivity contribution in [1.29, 1.82) is 5.26 Å². The zero-order valence-electron chi connectivity index (χ0n) is 9.94. The molecule has 2 rings (SSSR count). The molecule has 0 amide bonds. The lowest BCUT2D eigenvalue weighted by Gasteiger charge is -2.39. The molecule has 6 heteroatoms. The first-order valence-electron chi connectivity index (χ1n) is 5.81. The summed E-state index contributed by atoms with van der Waals surface area (Å²) in [5.74, 6) is 0. The molecular formula is C13H12F3NOS. The van der Waals surface area contributed by atoms with Crippen molar-refractivity contribution in [3.05, 3.63) is 29.8 Å². The van der Waals surface area contributed by atoms with Gasteiger partial charge in [-0.2, -0.15) is 18.4 Å². The lowest BCUT2D eigenvalue weighted by molar-refractivity contribution is -0.0328. The van der Waals surface area contributed by atoms with Crippen molar-refractivity contribution in [2.75, 3.05) is 0 Å². The monoisotopic (exact) mass is 287 g/mol. The van der Waals surface area contributed by atoms with Crippen molar-refractivity contribution in [3.63, 3.8) is 0 Å². The summed E-state index contributed by atoms with van der Waals surface area (Å²) >= 11 is -0.192. The molecule has 1 aliphatic rings. The maximum absolute atomic E-state index is 12.2. The van der Waals surface area contributed by atoms with Gasteiger partial charge in [-0.05, 0) is 42.3 Å². The highest BCUT2D eigenvalue weighted by Gasteiger charge is 2.44. The Morgan fingerprint density at radius 1 is 1.26 bits per heavy atom. The number of nitriles is 1. The van der Waals surface area contributed by atoms with Crippen LogP contribution >= 0.6 is 11.8 Å². The number of hydrogen-bond acceptors (Lipinski definition) is 3. The molecule has 1 saturated carbocycles. The third-order valence-electron chi connectivity index (χ3n) is 3.42. The van der Waals surface area contributed by atoms with Crippen LogP contribution in [0.15, 0.2) is 29.2 Å². The smallest absolute Gasteiger partial charge is 0.387 e. The number of aliphatic hydroxyl groups excluding tert-OH is 1. The van der Waals surface area contributed by atoms with Gasteiger partial charge in [-0.1, -0.05) is 18.6 Å². The maximum atomic E-state index is 12.2. The molecular weight excluding hydrogens is 275 g/mol. The quantitative estimate of drug-likeness (QED) is 0.854. The molecule has 1 atom stereocenters. The Morgan fingerprint density at radius 2 is 1.84 bits per heavy atom. The first kappa shape index (κ1) is 14.2. The molecule has 19 heavy (non-hydrogen) atoms. The van der Waals surface area contributed by atoms with Crippen LogP contribution in [-0.4, -0.2) is 10.6 Å². The van der Waals surface area contributed by atoms with Crippen LogP contribution in [0.1, 0.15) is 30.9 Å². The molecule has 1 unspecified atom stereocenters. The van der Waals surface area contributed by atoms with E-state index >= 15 is 0 Å². The summed E-state index contributed by atoms with van der Waals surface area (Å²) in [7, 11) is 0. The summed E-state index contributed by atoms with van der Waals surface area (Å²) in [6.45, 7) is 0. The largest absolute Gasteiger partial charge is 0.446 e. The molecule has 1 aromatic rings. The fourth-order valence-electron chi connectivity index (χ4n) is 2.17. The van der Waals surface area contributed by atoms with Crippen molar-refractivity contribution < 1.29 is 18.3 Å². The van der Waals surface area contributed by atoms with Crippen LogP contribution in [-0.2, 0) is 0 Å². The van der Waals surface area contributed by atoms with Crippen molar-refractivity contribution >= 4 is 11.8 Å². The van der Waals surface area contributed by atoms with Gasteiger partial charge in [0.05, 0.1) is 17.6 Å². The van der Waals surface area contributed by atoms with E-state index in [1.807, 2.05) is 0 Å². The molecule has 0 heterocycles. The number of aliphatic hydroxyl groups is 1. The van der Waals surface area contributed by atoms with Crippen LogP contribution in [0.4, 0.5) is 13.2 Å². The lowest BCUT2D eigenvalue weighted by Crippen LogP contribution is -2.34. The number of halogens is 3. The Hall–Kier alpha value is -1.19. The van der Waals surface area contributed by atoms with Gasteiger partial charge in [-0.15, -0.1) is 0 Å². The fourth-order valence-corrected chi connectivity index (χ4v) is 2.71. The average Bonchev–Trinajstić information content (AvgIpc) is 2.27. The average molecular weight is 287 g/mol. The SMILES string of the molecule is N#CC1(C(O)c2ccc(SC(F)(F)F)cc2)CCC1. The summed E-state index contributed by atoms with van der Waals surface area (Å²) in [5.41, 5.74) is -4.59. The first-order valence-corrected chi connectivity index (χ1v) is 6.63. The molecule has 0 spiro atoms. The molecule has 0 saturated heterocycles. The summed E-state index contributed by atoms with van der Waals surface area (Å²) in [5, 5.41) is 19.3. The van der Waals surface area contributed by atoms with E-state index in [0.717, 1.165) is 6.42 Å². The van der Waals surface area contributed by atoms with Gasteiger partial charge in [0, 0.05) is 4.90 Å². The van der Waals surface area contributed by atoms with Crippen LogP contribution in [0.2, 0.25) is 0 Å². The van der Waals surface area contributed by atoms with E-state index in [4.69, 9.17) is 5.26 Å². The van der Waals surface area contributed by atoms with Crippen molar-refractivity contribution in [2.45, 2.75) is 35.8 Å². The van der Waals surface area contributed by atoms with Crippen LogP contribution in [0.5, 0.6) is 0 Å². The second-order valence-electron chi connectivity index (χ2n) is 4.64. The Bertz CT molecular complexity index is 488. The number of nitrogens with zero attached hydrogens (tertiary/aromatic N) is 1. The Kier molecular flexibility index (Phi) is 3.79. The maximum Gasteiger partial charge on any atom is 0.446 e. The zero-order valence-corrected chi connectivity index (χ0v) is 10.8. The number of rotatable bonds is 3. The molecule has 0 aromatic heterocycles. The Morgan fingerprint density at radius 3 is 2.21 bits per heavy atom. The van der Waals surface area contributed by atoms with Gasteiger partial charge in [0.25, 0.3) is 0 Å². The second kappa shape index (κ2) is 5.06. The summed E-state index contributed by atoms with van der Waals surface area (Å²) < 4.78 is 36.5. The fraction of sp³-hybridized carbons (Fsp3) is 0.462. The normalized spacial score (nSPS) is 19.3. The highest BCUT2D eigenvalue weighted by molar-refractivity contribution is 8.00. The van der Waals surface area contributed by atoms with Crippen LogP contribution in [0.3, 0.4) is 0 Å². The highest BCUT2D eigenvalue weighted by atomic mass is 32.2. The van der Waals surface area contributed by atoms with E-state index in [1.54, 1.807) is 0 Å². The van der Waals surface area contributed by atoms with E-state index in [1.165, 1.54) is 24.3 Å². The molecule has 2 nitrogen and oxygen atoms in total. The van der Waals surface area contributed by atoms with Crippen molar-refractivity contribution in [2.24, 2.45) is 5.41 Å². The molecule has 0 aliphatic heterocycles. The molecule has 102 valence electrons. The van der Waals surface area contributed by atoms with Crippen LogP contribution in [0, 0.1) is 16.7 Å². The van der Waals surface area contributed by atoms with Crippen molar-refractivity contribution in [1.82, 2.24) is 0 Å². The lowest BCUT2D eigenvalue weighted by atomic mass is 9.65. The van der Waals surface area contributed by atoms with E-state index < -0.39 is 17.0 Å². The Balaban J connectivity index is 2.13. The molecule has 0 radical (unpaired) electrons. The van der Waals surface area contributed by atoms with Gasteiger partial charge in [-0.3, -0.25) is 0 Å². The number of benzene rings is 1. The second-order valence-corrected chi connectivity index (χ2v) is 5.78. The van der Waals surface area contributed by atoms with Gasteiger partial charge in [0.15, 0.2) is 0 Å². The predicted octanol–water partition coefficient (Wildman–Crippen LogP) is 4.03. The minimum atomic E-state index is -4.32. The van der Waals surface area contributed by atoms with E-state index in [-0.39, 0.29) is 16.7 Å². The van der Waals surface area contributed by atoms with Gasteiger partial charge in [0.2, 0.25) is 0 Å². The topological polar surface area (TPSA) is 44.0 Å². The van der Waals surface area contributed by atoms with Crippen LogP contribution < -0.4 is 0 Å². The summed E-state index contributed by atoms with van der Waals surface area (Å²) in [6, 6.07) is 7.68. The van der Waals surface area contributed by atoms with Crippen LogP contribution in [0.25, 0.3) is 0 Å². The van der Waals surface area contributed by atoms with Crippen molar-refractivity contribution in [3.8, 4) is 6.07 Å². The zero-order chi connectivity index (χ0) is 14.1.